The first-order valence-corrected chi connectivity index (χ1v) is 11.4. The van der Waals surface area contributed by atoms with Crippen LogP contribution >= 0.6 is 39.0 Å². The first kappa shape index (κ1) is 19.4. The number of aromatic nitrogens is 3. The summed E-state index contributed by atoms with van der Waals surface area (Å²) in [6.07, 6.45) is -0.181. The molecule has 1 aliphatic heterocycles. The fourth-order valence-electron chi connectivity index (χ4n) is 3.29. The molecule has 3 aromatic rings. The Balaban J connectivity index is 2.04. The van der Waals surface area contributed by atoms with Gasteiger partial charge in [-0.25, -0.2) is 9.88 Å². The predicted molar refractivity (Wildman–Crippen MR) is 111 cm³/mol. The Kier molecular flexibility index (Phi) is 5.39. The number of para-hydroxylation sites is 1. The molecule has 0 spiro atoms. The third-order valence-corrected chi connectivity index (χ3v) is 6.79. The number of nitrogens with zero attached hydrogens (tertiary/aromatic N) is 4. The second kappa shape index (κ2) is 7.81. The highest BCUT2D eigenvalue weighted by Gasteiger charge is 2.45. The minimum atomic E-state index is -0.527. The van der Waals surface area contributed by atoms with Crippen LogP contribution in [0.4, 0.5) is 5.69 Å². The Bertz CT molecular complexity index is 1060. The number of carbonyl (C=O) groups excluding carboxylic acids is 1. The molecule has 1 unspecified atom stereocenters. The molecule has 6 nitrogen and oxygen atoms in total. The van der Waals surface area contributed by atoms with Gasteiger partial charge in [0.15, 0.2) is 0 Å². The molecule has 3 heterocycles. The molecule has 0 fully saturated rings. The van der Waals surface area contributed by atoms with Crippen molar-refractivity contribution < 1.29 is 14.6 Å². The largest absolute Gasteiger partial charge is 0.854 e. The monoisotopic (exact) mass is 476 g/mol. The van der Waals surface area contributed by atoms with Gasteiger partial charge in [-0.2, -0.15) is 0 Å². The zero-order valence-electron chi connectivity index (χ0n) is 15.3. The molecule has 2 aromatic heterocycles. The maximum absolute atomic E-state index is 13.0. The highest BCUT2D eigenvalue weighted by Crippen LogP contribution is 2.42. The summed E-state index contributed by atoms with van der Waals surface area (Å²) in [7, 11) is 0. The molecule has 0 saturated carbocycles. The van der Waals surface area contributed by atoms with E-state index in [2.05, 4.69) is 26.0 Å². The van der Waals surface area contributed by atoms with Gasteiger partial charge in [-0.3, -0.25) is 4.79 Å². The third-order valence-electron chi connectivity index (χ3n) is 4.41. The zero-order valence-corrected chi connectivity index (χ0v) is 18.5. The van der Waals surface area contributed by atoms with E-state index in [4.69, 9.17) is 0 Å². The van der Waals surface area contributed by atoms with E-state index in [1.807, 2.05) is 50.2 Å². The van der Waals surface area contributed by atoms with Crippen molar-refractivity contribution in [3.63, 3.8) is 0 Å². The van der Waals surface area contributed by atoms with Crippen molar-refractivity contribution in [2.24, 2.45) is 0 Å². The van der Waals surface area contributed by atoms with Crippen molar-refractivity contribution in [3.05, 3.63) is 45.1 Å². The van der Waals surface area contributed by atoms with Crippen molar-refractivity contribution in [1.29, 1.82) is 0 Å². The maximum atomic E-state index is 13.0. The van der Waals surface area contributed by atoms with E-state index in [1.165, 1.54) is 23.1 Å². The molecule has 0 bridgehead atoms. The number of rotatable bonds is 4. The van der Waals surface area contributed by atoms with E-state index in [0.29, 0.717) is 28.5 Å². The van der Waals surface area contributed by atoms with Crippen molar-refractivity contribution in [2.75, 3.05) is 10.7 Å². The summed E-state index contributed by atoms with van der Waals surface area (Å²) in [4.78, 5) is 19.8. The van der Waals surface area contributed by atoms with Gasteiger partial charge in [0.1, 0.15) is 0 Å². The van der Waals surface area contributed by atoms with Gasteiger partial charge in [-0.05, 0) is 45.9 Å². The van der Waals surface area contributed by atoms with Crippen LogP contribution in [-0.2, 0) is 4.79 Å². The van der Waals surface area contributed by atoms with E-state index in [0.717, 1.165) is 14.4 Å². The third kappa shape index (κ3) is 3.21. The molecule has 1 aliphatic rings. The Hall–Kier alpha value is -1.97. The molecule has 1 aromatic carbocycles. The Morgan fingerprint density at radius 2 is 2.11 bits per heavy atom. The molecule has 4 rings (SSSR count). The van der Waals surface area contributed by atoms with Crippen molar-refractivity contribution in [1.82, 2.24) is 10.1 Å². The summed E-state index contributed by atoms with van der Waals surface area (Å²) in [6.45, 7) is 3.82. The molecule has 0 radical (unpaired) electrons. The number of fused-ring (bicyclic) bond motifs is 3. The number of carbonyl (C=O) groups is 1. The van der Waals surface area contributed by atoms with E-state index >= 15 is 0 Å². The fourth-order valence-corrected chi connectivity index (χ4v) is 5.34. The van der Waals surface area contributed by atoms with Crippen molar-refractivity contribution >= 4 is 50.6 Å². The number of amides is 1. The quantitative estimate of drug-likeness (QED) is 0.423. The van der Waals surface area contributed by atoms with Crippen LogP contribution in [0, 0.1) is 0 Å². The van der Waals surface area contributed by atoms with Gasteiger partial charge in [0.25, 0.3) is 10.9 Å². The molecule has 0 saturated heterocycles. The van der Waals surface area contributed by atoms with Gasteiger partial charge in [-0.15, -0.1) is 11.3 Å². The van der Waals surface area contributed by atoms with Gasteiger partial charge in [0.2, 0.25) is 5.91 Å². The average Bonchev–Trinajstić information content (AvgIpc) is 3.12. The van der Waals surface area contributed by atoms with Crippen LogP contribution < -0.4 is 14.7 Å². The summed E-state index contributed by atoms with van der Waals surface area (Å²) in [5, 5.41) is 18.0. The van der Waals surface area contributed by atoms with E-state index in [1.54, 1.807) is 9.58 Å². The lowest BCUT2D eigenvalue weighted by Gasteiger charge is -2.32. The minimum absolute atomic E-state index is 0.0316. The van der Waals surface area contributed by atoms with Crippen molar-refractivity contribution in [3.8, 4) is 17.1 Å². The number of benzene rings is 1. The Labute approximate surface area is 179 Å². The van der Waals surface area contributed by atoms with E-state index < -0.39 is 6.17 Å². The van der Waals surface area contributed by atoms with Crippen molar-refractivity contribution in [2.45, 2.75) is 31.6 Å². The number of hydrogen-bond donors (Lipinski definition) is 0. The van der Waals surface area contributed by atoms with E-state index in [-0.39, 0.29) is 11.8 Å². The molecular formula is C19H17BrN4O2S2. The Morgan fingerprint density at radius 1 is 1.32 bits per heavy atom. The molecule has 0 N–H and O–H groups in total. The number of anilines is 1. The summed E-state index contributed by atoms with van der Waals surface area (Å²) in [6, 6.07) is 11.3. The van der Waals surface area contributed by atoms with Gasteiger partial charge in [0, 0.05) is 11.5 Å². The molecule has 144 valence electrons. The lowest BCUT2D eigenvalue weighted by molar-refractivity contribution is -0.763. The summed E-state index contributed by atoms with van der Waals surface area (Å²) in [5.41, 5.74) is 1.79. The predicted octanol–water partition coefficient (Wildman–Crippen LogP) is 3.74. The number of thiophene rings is 1. The van der Waals surface area contributed by atoms with Gasteiger partial charge in [0.05, 0.1) is 25.8 Å². The van der Waals surface area contributed by atoms with Gasteiger partial charge < -0.3 is 5.11 Å². The number of halogens is 1. The van der Waals surface area contributed by atoms with Crippen LogP contribution in [0.2, 0.25) is 0 Å². The highest BCUT2D eigenvalue weighted by atomic mass is 79.9. The molecule has 28 heavy (non-hydrogen) atoms. The molecular weight excluding hydrogens is 460 g/mol. The van der Waals surface area contributed by atoms with Crippen LogP contribution in [0.25, 0.3) is 11.3 Å². The van der Waals surface area contributed by atoms with Crippen LogP contribution in [-0.4, -0.2) is 21.7 Å². The summed E-state index contributed by atoms with van der Waals surface area (Å²) < 4.78 is 2.62. The zero-order chi connectivity index (χ0) is 19.8. The summed E-state index contributed by atoms with van der Waals surface area (Å²) in [5.74, 6) is 0.390. The van der Waals surface area contributed by atoms with Crippen LogP contribution in [0.3, 0.4) is 0 Å². The number of thioether (sulfide) groups is 1. The van der Waals surface area contributed by atoms with Crippen LogP contribution in [0.1, 0.15) is 31.3 Å². The second-order valence-electron chi connectivity index (χ2n) is 6.08. The molecule has 0 aliphatic carbocycles. The van der Waals surface area contributed by atoms with Crippen LogP contribution in [0.5, 0.6) is 5.88 Å². The SMILES string of the molecule is CCSc1nc([O-])c2[n+](n1)C(c1ccc(Br)s1)N(C(=O)CC)c1ccccc1-2. The molecule has 9 heteroatoms. The lowest BCUT2D eigenvalue weighted by atomic mass is 10.0. The first-order chi connectivity index (χ1) is 13.5. The topological polar surface area (TPSA) is 73.0 Å². The number of hydrogen-bond acceptors (Lipinski definition) is 6. The first-order valence-electron chi connectivity index (χ1n) is 8.85. The second-order valence-corrected chi connectivity index (χ2v) is 9.80. The molecule has 1 atom stereocenters. The lowest BCUT2D eigenvalue weighted by Crippen LogP contribution is -2.58. The van der Waals surface area contributed by atoms with Crippen LogP contribution in [0.15, 0.2) is 45.3 Å². The van der Waals surface area contributed by atoms with Gasteiger partial charge in [-0.1, -0.05) is 42.4 Å². The average molecular weight is 477 g/mol. The standard InChI is InChI=1S/C19H17BrN4O2S2/c1-3-15(25)23-12-8-6-5-7-11(12)16-17(26)21-19(27-4-2)22-24(16)18(23)13-9-10-14(20)28-13/h5-10,18H,3-4H2,1-2H3. The minimum Gasteiger partial charge on any atom is -0.854 e. The molecule has 1 amide bonds. The maximum Gasteiger partial charge on any atom is 0.302 e. The summed E-state index contributed by atoms with van der Waals surface area (Å²) >= 11 is 6.44. The highest BCUT2D eigenvalue weighted by molar-refractivity contribution is 9.11. The smallest absolute Gasteiger partial charge is 0.302 e. The fraction of sp³-hybridized carbons (Fsp3) is 0.263. The normalized spacial score (nSPS) is 15.2. The van der Waals surface area contributed by atoms with Gasteiger partial charge >= 0.3 is 6.17 Å². The Morgan fingerprint density at radius 3 is 2.79 bits per heavy atom. The van der Waals surface area contributed by atoms with E-state index in [9.17, 15) is 9.90 Å².